The Balaban J connectivity index is 1.52. The van der Waals surface area contributed by atoms with E-state index in [1.165, 1.54) is 7.11 Å². The summed E-state index contributed by atoms with van der Waals surface area (Å²) in [6, 6.07) is 0.327. The van der Waals surface area contributed by atoms with Crippen LogP contribution in [0, 0.1) is 5.82 Å². The van der Waals surface area contributed by atoms with Gasteiger partial charge in [-0.15, -0.1) is 0 Å². The van der Waals surface area contributed by atoms with Crippen molar-refractivity contribution in [1.29, 1.82) is 0 Å². The van der Waals surface area contributed by atoms with Crippen molar-refractivity contribution in [2.24, 2.45) is 0 Å². The molecule has 2 amide bonds. The maximum atomic E-state index is 13.3. The lowest BCUT2D eigenvalue weighted by Gasteiger charge is -2.34. The zero-order valence-corrected chi connectivity index (χ0v) is 13.3. The molecule has 2 aliphatic heterocycles. The van der Waals surface area contributed by atoms with Gasteiger partial charge in [0.2, 0.25) is 11.8 Å². The lowest BCUT2D eigenvalue weighted by molar-refractivity contribution is 0.150. The number of methoxy groups -OCH3 is 1. The van der Waals surface area contributed by atoms with Gasteiger partial charge in [0.25, 0.3) is 5.88 Å². The summed E-state index contributed by atoms with van der Waals surface area (Å²) in [6.07, 6.45) is 4.95. The molecule has 0 atom stereocenters. The average Bonchev–Trinajstić information content (AvgIpc) is 3.11. The summed E-state index contributed by atoms with van der Waals surface area (Å²) >= 11 is 0. The second-order valence-corrected chi connectivity index (χ2v) is 5.93. The number of anilines is 1. The van der Waals surface area contributed by atoms with Crippen molar-refractivity contribution < 1.29 is 13.9 Å². The van der Waals surface area contributed by atoms with Gasteiger partial charge in [0.1, 0.15) is 0 Å². The summed E-state index contributed by atoms with van der Waals surface area (Å²) in [5, 5.41) is 3.19. The van der Waals surface area contributed by atoms with Gasteiger partial charge in [-0.05, 0) is 25.7 Å². The van der Waals surface area contributed by atoms with Crippen LogP contribution in [-0.4, -0.2) is 65.1 Å². The smallest absolute Gasteiger partial charge is 0.319 e. The highest BCUT2D eigenvalue weighted by atomic mass is 19.1. The predicted molar refractivity (Wildman–Crippen MR) is 83.0 cm³/mol. The van der Waals surface area contributed by atoms with Gasteiger partial charge in [0, 0.05) is 32.2 Å². The lowest BCUT2D eigenvalue weighted by Crippen LogP contribution is -2.47. The molecule has 2 saturated heterocycles. The summed E-state index contributed by atoms with van der Waals surface area (Å²) in [6.45, 7) is 3.18. The first-order chi connectivity index (χ1) is 11.2. The van der Waals surface area contributed by atoms with E-state index in [4.69, 9.17) is 4.74 Å². The maximum Gasteiger partial charge on any atom is 0.319 e. The van der Waals surface area contributed by atoms with Gasteiger partial charge in [-0.25, -0.2) is 9.78 Å². The van der Waals surface area contributed by atoms with Crippen LogP contribution >= 0.6 is 0 Å². The normalized spacial score (nSPS) is 19.0. The highest BCUT2D eigenvalue weighted by molar-refractivity contribution is 5.74. The van der Waals surface area contributed by atoms with Gasteiger partial charge in [-0.2, -0.15) is 9.37 Å². The van der Waals surface area contributed by atoms with Crippen LogP contribution in [0.15, 0.2) is 6.20 Å². The Labute approximate surface area is 134 Å². The molecule has 8 heteroatoms. The van der Waals surface area contributed by atoms with E-state index >= 15 is 0 Å². The standard InChI is InChI=1S/C15H22FN5O2/c1-23-13-12(16)10-17-14(19-13)18-11-4-8-21(9-5-11)15(22)20-6-2-3-7-20/h10-11H,2-9H2,1H3,(H,17,18,19). The van der Waals surface area contributed by atoms with E-state index in [9.17, 15) is 9.18 Å². The largest absolute Gasteiger partial charge is 0.479 e. The van der Waals surface area contributed by atoms with E-state index in [0.717, 1.165) is 45.0 Å². The Morgan fingerprint density at radius 2 is 1.91 bits per heavy atom. The number of urea groups is 1. The number of hydrogen-bond donors (Lipinski definition) is 1. The number of carbonyl (C=O) groups is 1. The van der Waals surface area contributed by atoms with E-state index < -0.39 is 5.82 Å². The maximum absolute atomic E-state index is 13.3. The Kier molecular flexibility index (Phi) is 4.78. The van der Waals surface area contributed by atoms with E-state index in [-0.39, 0.29) is 18.0 Å². The fourth-order valence-corrected chi connectivity index (χ4v) is 3.07. The zero-order chi connectivity index (χ0) is 16.2. The summed E-state index contributed by atoms with van der Waals surface area (Å²) in [5.41, 5.74) is 0. The van der Waals surface area contributed by atoms with Crippen LogP contribution in [0.25, 0.3) is 0 Å². The van der Waals surface area contributed by atoms with Crippen molar-refractivity contribution in [1.82, 2.24) is 19.8 Å². The number of carbonyl (C=O) groups excluding carboxylic acids is 1. The second kappa shape index (κ2) is 6.97. The van der Waals surface area contributed by atoms with Crippen LogP contribution in [0.3, 0.4) is 0 Å². The molecule has 23 heavy (non-hydrogen) atoms. The highest BCUT2D eigenvalue weighted by Gasteiger charge is 2.28. The van der Waals surface area contributed by atoms with Crippen LogP contribution in [0.5, 0.6) is 5.88 Å². The third-order valence-electron chi connectivity index (χ3n) is 4.38. The molecule has 3 rings (SSSR count). The number of piperidine rings is 1. The van der Waals surface area contributed by atoms with Gasteiger partial charge in [0.15, 0.2) is 0 Å². The molecule has 1 N–H and O–H groups in total. The van der Waals surface area contributed by atoms with Crippen molar-refractivity contribution in [2.45, 2.75) is 31.7 Å². The number of amides is 2. The number of nitrogens with zero attached hydrogens (tertiary/aromatic N) is 4. The van der Waals surface area contributed by atoms with Gasteiger partial charge in [-0.1, -0.05) is 0 Å². The third kappa shape index (κ3) is 3.62. The molecule has 0 unspecified atom stereocenters. The van der Waals surface area contributed by atoms with Crippen LogP contribution in [-0.2, 0) is 0 Å². The molecule has 7 nitrogen and oxygen atoms in total. The van der Waals surface area contributed by atoms with Gasteiger partial charge in [0.05, 0.1) is 13.3 Å². The Morgan fingerprint density at radius 3 is 2.57 bits per heavy atom. The van der Waals surface area contributed by atoms with Crippen LogP contribution < -0.4 is 10.1 Å². The zero-order valence-electron chi connectivity index (χ0n) is 13.3. The van der Waals surface area contributed by atoms with Crippen molar-refractivity contribution in [2.75, 3.05) is 38.6 Å². The van der Waals surface area contributed by atoms with E-state index in [1.54, 1.807) is 0 Å². The van der Waals surface area contributed by atoms with Gasteiger partial charge < -0.3 is 19.9 Å². The average molecular weight is 323 g/mol. The minimum absolute atomic E-state index is 0.0656. The minimum Gasteiger partial charge on any atom is -0.479 e. The fourth-order valence-electron chi connectivity index (χ4n) is 3.07. The summed E-state index contributed by atoms with van der Waals surface area (Å²) in [7, 11) is 1.37. The quantitative estimate of drug-likeness (QED) is 0.917. The molecular weight excluding hydrogens is 301 g/mol. The van der Waals surface area contributed by atoms with Crippen LogP contribution in [0.1, 0.15) is 25.7 Å². The molecule has 0 saturated carbocycles. The molecule has 0 aromatic carbocycles. The molecule has 0 bridgehead atoms. The molecule has 1 aromatic heterocycles. The number of nitrogens with one attached hydrogen (secondary N) is 1. The van der Waals surface area contributed by atoms with Crippen LogP contribution in [0.2, 0.25) is 0 Å². The predicted octanol–water partition coefficient (Wildman–Crippen LogP) is 1.72. The first-order valence-corrected chi connectivity index (χ1v) is 8.04. The van der Waals surface area contributed by atoms with Gasteiger partial charge in [-0.3, -0.25) is 0 Å². The molecule has 0 aliphatic carbocycles. The summed E-state index contributed by atoms with van der Waals surface area (Å²) in [4.78, 5) is 24.1. The molecule has 2 aliphatic rings. The first-order valence-electron chi connectivity index (χ1n) is 8.04. The van der Waals surface area contributed by atoms with Crippen molar-refractivity contribution >= 4 is 12.0 Å². The van der Waals surface area contributed by atoms with E-state index in [2.05, 4.69) is 15.3 Å². The molecule has 126 valence electrons. The Bertz CT molecular complexity index is 557. The number of aromatic nitrogens is 2. The topological polar surface area (TPSA) is 70.6 Å². The van der Waals surface area contributed by atoms with E-state index in [1.807, 2.05) is 9.80 Å². The van der Waals surface area contributed by atoms with Crippen LogP contribution in [0.4, 0.5) is 15.1 Å². The monoisotopic (exact) mass is 323 g/mol. The SMILES string of the molecule is COc1nc(NC2CCN(C(=O)N3CCCC3)CC2)ncc1F. The number of hydrogen-bond acceptors (Lipinski definition) is 5. The Morgan fingerprint density at radius 1 is 1.26 bits per heavy atom. The molecule has 2 fully saturated rings. The fraction of sp³-hybridized carbons (Fsp3) is 0.667. The van der Waals surface area contributed by atoms with Gasteiger partial charge >= 0.3 is 6.03 Å². The summed E-state index contributed by atoms with van der Waals surface area (Å²) < 4.78 is 18.2. The highest BCUT2D eigenvalue weighted by Crippen LogP contribution is 2.19. The third-order valence-corrected chi connectivity index (χ3v) is 4.38. The van der Waals surface area contributed by atoms with E-state index in [0.29, 0.717) is 19.0 Å². The molecule has 0 spiro atoms. The minimum atomic E-state index is -0.580. The number of rotatable bonds is 3. The number of likely N-dealkylation sites (tertiary alicyclic amines) is 2. The summed E-state index contributed by atoms with van der Waals surface area (Å²) in [5.74, 6) is -0.291. The van der Waals surface area contributed by atoms with Crippen molar-refractivity contribution in [3.63, 3.8) is 0 Å². The Hall–Kier alpha value is -2.12. The second-order valence-electron chi connectivity index (χ2n) is 5.93. The van der Waals surface area contributed by atoms with Crippen molar-refractivity contribution in [3.05, 3.63) is 12.0 Å². The first kappa shape index (κ1) is 15.8. The molecular formula is C15H22FN5O2. The number of halogens is 1. The molecule has 3 heterocycles. The lowest BCUT2D eigenvalue weighted by atomic mass is 10.1. The number of ether oxygens (including phenoxy) is 1. The van der Waals surface area contributed by atoms with Crippen molar-refractivity contribution in [3.8, 4) is 5.88 Å². The molecule has 1 aromatic rings. The molecule has 0 radical (unpaired) electrons.